The molecule has 2 rings (SSSR count). The first-order valence-electron chi connectivity index (χ1n) is 7.56. The summed E-state index contributed by atoms with van der Waals surface area (Å²) in [6.45, 7) is 0.477. The molecule has 1 aliphatic carbocycles. The molecule has 0 saturated heterocycles. The van der Waals surface area contributed by atoms with E-state index in [0.717, 1.165) is 24.8 Å². The lowest BCUT2D eigenvalue weighted by Crippen LogP contribution is -2.32. The molecule has 1 fully saturated rings. The Morgan fingerprint density at radius 1 is 1.27 bits per heavy atom. The van der Waals surface area contributed by atoms with Crippen molar-refractivity contribution >= 4 is 15.7 Å². The van der Waals surface area contributed by atoms with Crippen LogP contribution in [-0.2, 0) is 21.2 Å². The molecule has 2 atom stereocenters. The predicted molar refractivity (Wildman–Crippen MR) is 86.0 cm³/mol. The first kappa shape index (κ1) is 17.0. The summed E-state index contributed by atoms with van der Waals surface area (Å²) < 4.78 is 22.8. The second-order valence-corrected chi connectivity index (χ2v) is 8.24. The summed E-state index contributed by atoms with van der Waals surface area (Å²) in [5.74, 6) is 0.386. The van der Waals surface area contributed by atoms with Crippen LogP contribution in [0.25, 0.3) is 0 Å². The summed E-state index contributed by atoms with van der Waals surface area (Å²) in [5, 5.41) is 0. The van der Waals surface area contributed by atoms with Crippen LogP contribution < -0.4 is 5.73 Å². The Labute approximate surface area is 132 Å². The summed E-state index contributed by atoms with van der Waals surface area (Å²) >= 11 is 0. The minimum Gasteiger partial charge on any atom is -0.341 e. The molecule has 0 unspecified atom stereocenters. The lowest BCUT2D eigenvalue weighted by molar-refractivity contribution is -0.131. The predicted octanol–water partition coefficient (Wildman–Crippen LogP) is 1.57. The van der Waals surface area contributed by atoms with Gasteiger partial charge in [0, 0.05) is 32.3 Å². The zero-order valence-corrected chi connectivity index (χ0v) is 14.0. The Balaban J connectivity index is 1.93. The normalized spacial score (nSPS) is 21.8. The molecule has 6 heteroatoms. The Kier molecular flexibility index (Phi) is 5.24. The van der Waals surface area contributed by atoms with Crippen LogP contribution in [0.1, 0.15) is 31.2 Å². The molecule has 122 valence electrons. The number of nitrogens with zero attached hydrogens (tertiary/aromatic N) is 1. The van der Waals surface area contributed by atoms with E-state index in [9.17, 15) is 13.2 Å². The van der Waals surface area contributed by atoms with E-state index >= 15 is 0 Å². The van der Waals surface area contributed by atoms with Crippen LogP contribution in [0.4, 0.5) is 0 Å². The highest BCUT2D eigenvalue weighted by atomic mass is 32.2. The molecule has 0 spiro atoms. The van der Waals surface area contributed by atoms with Gasteiger partial charge in [0.15, 0.2) is 9.84 Å². The second kappa shape index (κ2) is 6.79. The molecule has 0 heterocycles. The lowest BCUT2D eigenvalue weighted by Gasteiger charge is -2.21. The van der Waals surface area contributed by atoms with Gasteiger partial charge in [0.2, 0.25) is 5.91 Å². The number of hydrogen-bond acceptors (Lipinski definition) is 4. The number of nitrogens with two attached hydrogens (primary N) is 1. The molecule has 1 aromatic carbocycles. The summed E-state index contributed by atoms with van der Waals surface area (Å²) in [7, 11) is -1.41. The van der Waals surface area contributed by atoms with E-state index < -0.39 is 9.84 Å². The van der Waals surface area contributed by atoms with Crippen LogP contribution in [-0.4, -0.2) is 38.6 Å². The maximum atomic E-state index is 12.2. The van der Waals surface area contributed by atoms with E-state index in [1.54, 1.807) is 36.2 Å². The van der Waals surface area contributed by atoms with Crippen molar-refractivity contribution in [2.24, 2.45) is 11.7 Å². The molecule has 0 aromatic heterocycles. The maximum absolute atomic E-state index is 12.2. The van der Waals surface area contributed by atoms with Gasteiger partial charge in [-0.1, -0.05) is 18.6 Å². The molecule has 1 amide bonds. The Hall–Kier alpha value is -1.40. The van der Waals surface area contributed by atoms with Crippen LogP contribution in [0, 0.1) is 5.92 Å². The first-order valence-corrected chi connectivity index (χ1v) is 9.45. The third kappa shape index (κ3) is 4.30. The van der Waals surface area contributed by atoms with Gasteiger partial charge in [-0.2, -0.15) is 0 Å². The molecular weight excluding hydrogens is 300 g/mol. The molecular formula is C16H24N2O3S. The van der Waals surface area contributed by atoms with E-state index in [-0.39, 0.29) is 11.9 Å². The second-order valence-electron chi connectivity index (χ2n) is 6.22. The van der Waals surface area contributed by atoms with E-state index in [1.807, 2.05) is 0 Å². The number of carbonyl (C=O) groups is 1. The van der Waals surface area contributed by atoms with E-state index in [4.69, 9.17) is 5.73 Å². The Morgan fingerprint density at radius 3 is 2.41 bits per heavy atom. The highest BCUT2D eigenvalue weighted by molar-refractivity contribution is 7.90. The topological polar surface area (TPSA) is 80.5 Å². The van der Waals surface area contributed by atoms with Gasteiger partial charge in [0.1, 0.15) is 0 Å². The van der Waals surface area contributed by atoms with Gasteiger partial charge in [-0.15, -0.1) is 0 Å². The third-order valence-corrected chi connectivity index (χ3v) is 5.48. The van der Waals surface area contributed by atoms with Crippen molar-refractivity contribution < 1.29 is 13.2 Å². The number of carbonyl (C=O) groups excluding carboxylic acids is 1. The fourth-order valence-corrected chi connectivity index (χ4v) is 3.53. The van der Waals surface area contributed by atoms with Crippen molar-refractivity contribution in [2.75, 3.05) is 13.3 Å². The van der Waals surface area contributed by atoms with E-state index in [2.05, 4.69) is 0 Å². The van der Waals surface area contributed by atoms with Crippen LogP contribution in [0.5, 0.6) is 0 Å². The van der Waals surface area contributed by atoms with Gasteiger partial charge in [-0.05, 0) is 36.5 Å². The van der Waals surface area contributed by atoms with Crippen LogP contribution >= 0.6 is 0 Å². The first-order chi connectivity index (χ1) is 10.3. The van der Waals surface area contributed by atoms with Crippen molar-refractivity contribution in [1.82, 2.24) is 4.90 Å². The molecule has 22 heavy (non-hydrogen) atoms. The number of sulfone groups is 1. The van der Waals surface area contributed by atoms with Gasteiger partial charge < -0.3 is 10.6 Å². The van der Waals surface area contributed by atoms with Crippen LogP contribution in [0.15, 0.2) is 29.2 Å². The zero-order chi connectivity index (χ0) is 16.3. The highest BCUT2D eigenvalue weighted by Gasteiger charge is 2.27. The van der Waals surface area contributed by atoms with Gasteiger partial charge in [-0.3, -0.25) is 4.79 Å². The Morgan fingerprint density at radius 2 is 1.91 bits per heavy atom. The lowest BCUT2D eigenvalue weighted by atomic mass is 9.99. The Bertz CT molecular complexity index is 625. The molecule has 2 N–H and O–H groups in total. The third-order valence-electron chi connectivity index (χ3n) is 4.35. The number of rotatable bonds is 5. The van der Waals surface area contributed by atoms with Gasteiger partial charge >= 0.3 is 0 Å². The van der Waals surface area contributed by atoms with Crippen LogP contribution in [0.3, 0.4) is 0 Å². The minimum absolute atomic E-state index is 0.0922. The van der Waals surface area contributed by atoms with E-state index in [0.29, 0.717) is 23.8 Å². The molecule has 0 radical (unpaired) electrons. The number of benzene rings is 1. The standard InChI is InChI=1S/C16H24N2O3S/c1-18(16(19)10-13-4-3-5-15(13)17)11-12-6-8-14(9-7-12)22(2,20)21/h6-9,13,15H,3-5,10-11,17H2,1-2H3/t13-,15+/m0/s1. The van der Waals surface area contributed by atoms with Gasteiger partial charge in [-0.25, -0.2) is 8.42 Å². The SMILES string of the molecule is CN(Cc1ccc(S(C)(=O)=O)cc1)C(=O)C[C@@H]1CCC[C@H]1N. The number of amides is 1. The molecule has 1 saturated carbocycles. The average molecular weight is 324 g/mol. The summed E-state index contributed by atoms with van der Waals surface area (Å²) in [5.41, 5.74) is 6.93. The molecule has 1 aromatic rings. The van der Waals surface area contributed by atoms with Crippen molar-refractivity contribution in [2.45, 2.75) is 43.2 Å². The highest BCUT2D eigenvalue weighted by Crippen LogP contribution is 2.27. The molecule has 5 nitrogen and oxygen atoms in total. The summed E-state index contributed by atoms with van der Waals surface area (Å²) in [6.07, 6.45) is 4.83. The smallest absolute Gasteiger partial charge is 0.222 e. The van der Waals surface area contributed by atoms with Gasteiger partial charge in [0.25, 0.3) is 0 Å². The van der Waals surface area contributed by atoms with Gasteiger partial charge in [0.05, 0.1) is 4.90 Å². The molecule has 1 aliphatic rings. The summed E-state index contributed by atoms with van der Waals surface area (Å²) in [6, 6.07) is 6.81. The zero-order valence-electron chi connectivity index (χ0n) is 13.2. The summed E-state index contributed by atoms with van der Waals surface area (Å²) in [4.78, 5) is 14.2. The fourth-order valence-electron chi connectivity index (χ4n) is 2.90. The molecule has 0 bridgehead atoms. The monoisotopic (exact) mass is 324 g/mol. The number of hydrogen-bond donors (Lipinski definition) is 1. The minimum atomic E-state index is -3.18. The van der Waals surface area contributed by atoms with E-state index in [1.165, 1.54) is 6.26 Å². The van der Waals surface area contributed by atoms with Crippen molar-refractivity contribution in [3.8, 4) is 0 Å². The van der Waals surface area contributed by atoms with Crippen molar-refractivity contribution in [1.29, 1.82) is 0 Å². The van der Waals surface area contributed by atoms with Crippen molar-refractivity contribution in [3.63, 3.8) is 0 Å². The van der Waals surface area contributed by atoms with Crippen molar-refractivity contribution in [3.05, 3.63) is 29.8 Å². The average Bonchev–Trinajstić information content (AvgIpc) is 2.84. The fraction of sp³-hybridized carbons (Fsp3) is 0.562. The van der Waals surface area contributed by atoms with Crippen LogP contribution in [0.2, 0.25) is 0 Å². The quantitative estimate of drug-likeness (QED) is 0.891. The maximum Gasteiger partial charge on any atom is 0.222 e. The molecule has 0 aliphatic heterocycles. The largest absolute Gasteiger partial charge is 0.341 e.